The van der Waals surface area contributed by atoms with Crippen molar-refractivity contribution >= 4 is 11.8 Å². The maximum Gasteiger partial charge on any atom is 0.238 e. The summed E-state index contributed by atoms with van der Waals surface area (Å²) in [6, 6.07) is 0. The van der Waals surface area contributed by atoms with Crippen molar-refractivity contribution in [2.75, 3.05) is 26.8 Å². The summed E-state index contributed by atoms with van der Waals surface area (Å²) in [6.07, 6.45) is 9.07. The lowest BCUT2D eigenvalue weighted by molar-refractivity contribution is -0.920. The zero-order chi connectivity index (χ0) is 13.9. The van der Waals surface area contributed by atoms with Crippen LogP contribution in [0.3, 0.4) is 0 Å². The second-order valence-electron chi connectivity index (χ2n) is 7.37. The van der Waals surface area contributed by atoms with Gasteiger partial charge >= 0.3 is 0 Å². The Morgan fingerprint density at radius 3 is 2.15 bits per heavy atom. The highest BCUT2D eigenvalue weighted by molar-refractivity contribution is 6.06. The van der Waals surface area contributed by atoms with Gasteiger partial charge in [-0.2, -0.15) is 0 Å². The number of allylic oxidation sites excluding steroid dienone is 2. The fourth-order valence-electron chi connectivity index (χ4n) is 4.86. The minimum atomic E-state index is -0.0334. The first-order valence-corrected chi connectivity index (χ1v) is 7.96. The van der Waals surface area contributed by atoms with E-state index in [1.807, 2.05) is 0 Å². The Morgan fingerprint density at radius 1 is 1.05 bits per heavy atom. The molecular weight excluding hydrogens is 252 g/mol. The van der Waals surface area contributed by atoms with Gasteiger partial charge in [0, 0.05) is 0 Å². The normalized spacial score (nSPS) is 41.5. The van der Waals surface area contributed by atoms with Crippen LogP contribution in [0.2, 0.25) is 0 Å². The minimum absolute atomic E-state index is 0.0334. The third-order valence-electron chi connectivity index (χ3n) is 5.94. The zero-order valence-corrected chi connectivity index (χ0v) is 12.1. The van der Waals surface area contributed by atoms with Crippen molar-refractivity contribution in [3.63, 3.8) is 0 Å². The first kappa shape index (κ1) is 12.6. The van der Waals surface area contributed by atoms with Gasteiger partial charge in [0.25, 0.3) is 0 Å². The molecule has 2 saturated heterocycles. The molecule has 3 fully saturated rings. The van der Waals surface area contributed by atoms with Crippen molar-refractivity contribution in [3.8, 4) is 0 Å². The van der Waals surface area contributed by atoms with Gasteiger partial charge in [-0.25, -0.2) is 4.90 Å². The number of rotatable bonds is 2. The van der Waals surface area contributed by atoms with Gasteiger partial charge in [0.15, 0.2) is 6.67 Å². The molecule has 0 radical (unpaired) electrons. The lowest BCUT2D eigenvalue weighted by atomic mass is 9.85. The Hall–Kier alpha value is -1.16. The van der Waals surface area contributed by atoms with Crippen LogP contribution in [0.1, 0.15) is 25.7 Å². The van der Waals surface area contributed by atoms with Crippen LogP contribution in [0.5, 0.6) is 0 Å². The highest BCUT2D eigenvalue weighted by atomic mass is 16.2. The molecule has 0 unspecified atom stereocenters. The number of hydrogen-bond acceptors (Lipinski definition) is 2. The molecule has 1 saturated carbocycles. The van der Waals surface area contributed by atoms with Gasteiger partial charge in [-0.05, 0) is 37.5 Å². The number of piperidine rings is 1. The van der Waals surface area contributed by atoms with Crippen LogP contribution in [0, 0.1) is 23.7 Å². The van der Waals surface area contributed by atoms with Crippen molar-refractivity contribution in [1.29, 1.82) is 0 Å². The van der Waals surface area contributed by atoms with E-state index < -0.39 is 0 Å². The Labute approximate surface area is 120 Å². The number of imide groups is 1. The summed E-state index contributed by atoms with van der Waals surface area (Å²) in [6.45, 7) is 2.79. The molecule has 4 heteroatoms. The number of fused-ring (bicyclic) bond motifs is 5. The number of likely N-dealkylation sites (tertiary alicyclic amines) is 2. The van der Waals surface area contributed by atoms with Gasteiger partial charge in [0.1, 0.15) is 0 Å². The molecule has 2 heterocycles. The van der Waals surface area contributed by atoms with Crippen LogP contribution < -0.4 is 0 Å². The highest BCUT2D eigenvalue weighted by Crippen LogP contribution is 2.52. The van der Waals surface area contributed by atoms with Crippen LogP contribution in [0.4, 0.5) is 0 Å². The largest absolute Gasteiger partial charge is 0.309 e. The molecule has 0 aromatic carbocycles. The molecule has 4 rings (SSSR count). The fourth-order valence-corrected chi connectivity index (χ4v) is 4.86. The maximum atomic E-state index is 12.7. The maximum absolute atomic E-state index is 12.7. The van der Waals surface area contributed by atoms with Gasteiger partial charge in [0.2, 0.25) is 11.8 Å². The van der Waals surface area contributed by atoms with E-state index >= 15 is 0 Å². The average molecular weight is 275 g/mol. The van der Waals surface area contributed by atoms with E-state index in [4.69, 9.17) is 0 Å². The lowest BCUT2D eigenvalue weighted by Crippen LogP contribution is -2.55. The molecule has 2 bridgehead atoms. The third kappa shape index (κ3) is 1.63. The van der Waals surface area contributed by atoms with Crippen molar-refractivity contribution in [3.05, 3.63) is 12.2 Å². The second kappa shape index (κ2) is 4.17. The smallest absolute Gasteiger partial charge is 0.238 e. The quantitative estimate of drug-likeness (QED) is 0.434. The summed E-state index contributed by atoms with van der Waals surface area (Å²) < 4.78 is 0.861. The summed E-state index contributed by atoms with van der Waals surface area (Å²) in [5, 5.41) is 0. The summed E-state index contributed by atoms with van der Waals surface area (Å²) >= 11 is 0. The molecule has 2 aliphatic heterocycles. The van der Waals surface area contributed by atoms with Crippen LogP contribution >= 0.6 is 0 Å². The molecule has 4 nitrogen and oxygen atoms in total. The van der Waals surface area contributed by atoms with E-state index in [1.165, 1.54) is 19.3 Å². The number of nitrogens with zero attached hydrogens (tertiary/aromatic N) is 2. The van der Waals surface area contributed by atoms with Gasteiger partial charge in [0.05, 0.1) is 32.0 Å². The Kier molecular flexibility index (Phi) is 2.62. The van der Waals surface area contributed by atoms with Crippen molar-refractivity contribution in [2.45, 2.75) is 25.7 Å². The van der Waals surface area contributed by atoms with Gasteiger partial charge < -0.3 is 4.48 Å². The zero-order valence-electron chi connectivity index (χ0n) is 12.1. The third-order valence-corrected chi connectivity index (χ3v) is 5.94. The van der Waals surface area contributed by atoms with Gasteiger partial charge in [-0.1, -0.05) is 12.2 Å². The first-order chi connectivity index (χ1) is 9.59. The molecule has 0 spiro atoms. The predicted molar refractivity (Wildman–Crippen MR) is 74.2 cm³/mol. The lowest BCUT2D eigenvalue weighted by Gasteiger charge is -2.39. The van der Waals surface area contributed by atoms with E-state index in [1.54, 1.807) is 4.90 Å². The fraction of sp³-hybridized carbons (Fsp3) is 0.750. The molecule has 2 aliphatic carbocycles. The number of carbonyl (C=O) groups is 2. The first-order valence-electron chi connectivity index (χ1n) is 7.96. The standard InChI is InChI=1S/C16H23N2O2/c1-18(7-3-2-4-8-18)10-17-15(19)13-11-5-6-12(9-11)14(13)16(17)20/h5-6,11-14H,2-4,7-10H2,1H3/q+1/t11-,12+,13-,14-/m0/s1. The number of carbonyl (C=O) groups excluding carboxylic acids is 2. The van der Waals surface area contributed by atoms with E-state index in [-0.39, 0.29) is 23.7 Å². The molecule has 108 valence electrons. The summed E-state index contributed by atoms with van der Waals surface area (Å²) in [5.74, 6) is 0.822. The van der Waals surface area contributed by atoms with Crippen LogP contribution in [-0.2, 0) is 9.59 Å². The molecule has 20 heavy (non-hydrogen) atoms. The molecule has 2 amide bonds. The molecule has 0 aromatic heterocycles. The highest BCUT2D eigenvalue weighted by Gasteiger charge is 2.60. The SMILES string of the molecule is C[N+]1(CN2C(=O)[C@@H]3[C@@H](C2=O)[C@H]2C=C[C@@H]3C2)CCCCC1. The van der Waals surface area contributed by atoms with E-state index in [9.17, 15) is 9.59 Å². The van der Waals surface area contributed by atoms with E-state index in [2.05, 4.69) is 19.2 Å². The van der Waals surface area contributed by atoms with Crippen LogP contribution in [-0.4, -0.2) is 48.0 Å². The van der Waals surface area contributed by atoms with E-state index in [0.29, 0.717) is 18.5 Å². The molecular formula is C16H23N2O2+. The number of amides is 2. The molecule has 0 N–H and O–H groups in total. The Balaban J connectivity index is 1.55. The average Bonchev–Trinajstić information content (AvgIpc) is 3.09. The summed E-state index contributed by atoms with van der Waals surface area (Å²) in [4.78, 5) is 26.9. The van der Waals surface area contributed by atoms with Crippen LogP contribution in [0.25, 0.3) is 0 Å². The minimum Gasteiger partial charge on any atom is -0.309 e. The predicted octanol–water partition coefficient (Wildman–Crippen LogP) is 1.38. The van der Waals surface area contributed by atoms with Crippen molar-refractivity contribution < 1.29 is 14.1 Å². The van der Waals surface area contributed by atoms with Gasteiger partial charge in [-0.15, -0.1) is 0 Å². The topological polar surface area (TPSA) is 37.4 Å². The summed E-state index contributed by atoms with van der Waals surface area (Å²) in [5.41, 5.74) is 0. The Morgan fingerprint density at radius 2 is 1.60 bits per heavy atom. The van der Waals surface area contributed by atoms with Crippen molar-refractivity contribution in [2.24, 2.45) is 23.7 Å². The van der Waals surface area contributed by atoms with E-state index in [0.717, 1.165) is 24.0 Å². The van der Waals surface area contributed by atoms with Gasteiger partial charge in [-0.3, -0.25) is 9.59 Å². The second-order valence-corrected chi connectivity index (χ2v) is 7.37. The number of hydrogen-bond donors (Lipinski definition) is 0. The molecule has 4 aliphatic rings. The molecule has 4 atom stereocenters. The molecule has 0 aromatic rings. The van der Waals surface area contributed by atoms with Crippen molar-refractivity contribution in [1.82, 2.24) is 4.90 Å². The van der Waals surface area contributed by atoms with Crippen LogP contribution in [0.15, 0.2) is 12.2 Å². The number of quaternary nitrogens is 1. The summed E-state index contributed by atoms with van der Waals surface area (Å²) in [7, 11) is 2.20. The monoisotopic (exact) mass is 275 g/mol. The Bertz CT molecular complexity index is 463.